The average Bonchev–Trinajstić information content (AvgIpc) is 2.18. The van der Waals surface area contributed by atoms with Crippen LogP contribution in [0.15, 0.2) is 18.2 Å². The molecule has 2 rings (SSSR count). The minimum atomic E-state index is -0.140. The summed E-state index contributed by atoms with van der Waals surface area (Å²) in [5.74, 6) is 0.962. The maximum atomic E-state index is 6.21. The molecule has 2 nitrogen and oxygen atoms in total. The van der Waals surface area contributed by atoms with E-state index in [-0.39, 0.29) is 11.6 Å². The van der Waals surface area contributed by atoms with Crippen molar-refractivity contribution in [1.29, 1.82) is 0 Å². The van der Waals surface area contributed by atoms with Crippen molar-refractivity contribution in [2.45, 2.75) is 51.7 Å². The number of nitrogens with two attached hydrogens (primary N) is 1. The van der Waals surface area contributed by atoms with Crippen molar-refractivity contribution in [1.82, 2.24) is 0 Å². The van der Waals surface area contributed by atoms with Crippen LogP contribution < -0.4 is 10.5 Å². The highest BCUT2D eigenvalue weighted by Gasteiger charge is 2.31. The normalized spacial score (nSPS) is 22.4. The summed E-state index contributed by atoms with van der Waals surface area (Å²) in [6, 6.07) is 6.53. The van der Waals surface area contributed by atoms with Crippen LogP contribution in [0.3, 0.4) is 0 Å². The van der Waals surface area contributed by atoms with Gasteiger partial charge in [-0.05, 0) is 31.9 Å². The second-order valence-electron chi connectivity index (χ2n) is 5.29. The smallest absolute Gasteiger partial charge is 0.124 e. The zero-order valence-corrected chi connectivity index (χ0v) is 10.4. The number of hydrogen-bond acceptors (Lipinski definition) is 2. The molecule has 0 saturated heterocycles. The third kappa shape index (κ3) is 2.22. The number of ether oxygens (including phenoxy) is 1. The van der Waals surface area contributed by atoms with Gasteiger partial charge in [0.05, 0.1) is 0 Å². The molecular formula is C14H21NO. The third-order valence-electron chi connectivity index (χ3n) is 3.11. The predicted octanol–water partition coefficient (Wildman–Crippen LogP) is 3.20. The summed E-state index contributed by atoms with van der Waals surface area (Å²) in [4.78, 5) is 0. The van der Waals surface area contributed by atoms with Crippen molar-refractivity contribution in [2.24, 2.45) is 5.73 Å². The lowest BCUT2D eigenvalue weighted by Crippen LogP contribution is -2.37. The van der Waals surface area contributed by atoms with Crippen LogP contribution in [0, 0.1) is 0 Å². The number of fused-ring (bicyclic) bond motifs is 1. The van der Waals surface area contributed by atoms with Gasteiger partial charge in [-0.25, -0.2) is 0 Å². The van der Waals surface area contributed by atoms with Gasteiger partial charge >= 0.3 is 0 Å². The van der Waals surface area contributed by atoms with E-state index in [1.54, 1.807) is 0 Å². The molecule has 1 unspecified atom stereocenters. The Morgan fingerprint density at radius 3 is 2.88 bits per heavy atom. The molecule has 0 aliphatic carbocycles. The molecule has 0 spiro atoms. The number of hydrogen-bond donors (Lipinski definition) is 1. The van der Waals surface area contributed by atoms with Crippen molar-refractivity contribution < 1.29 is 4.74 Å². The molecule has 0 fully saturated rings. The van der Waals surface area contributed by atoms with E-state index in [2.05, 4.69) is 39.0 Å². The number of benzene rings is 1. The van der Waals surface area contributed by atoms with Crippen LogP contribution in [0.25, 0.3) is 0 Å². The van der Waals surface area contributed by atoms with E-state index in [0.717, 1.165) is 18.6 Å². The molecule has 0 radical (unpaired) electrons. The predicted molar refractivity (Wildman–Crippen MR) is 66.7 cm³/mol. The SMILES string of the molecule is CCCc1ccc2c(c1)C(N)CC(C)(C)O2. The van der Waals surface area contributed by atoms with Gasteiger partial charge in [0.1, 0.15) is 11.4 Å². The lowest BCUT2D eigenvalue weighted by atomic mass is 9.89. The Labute approximate surface area is 97.8 Å². The summed E-state index contributed by atoms with van der Waals surface area (Å²) in [7, 11) is 0. The fourth-order valence-electron chi connectivity index (χ4n) is 2.40. The largest absolute Gasteiger partial charge is 0.487 e. The fraction of sp³-hybridized carbons (Fsp3) is 0.571. The van der Waals surface area contributed by atoms with Crippen molar-refractivity contribution in [2.75, 3.05) is 0 Å². The Balaban J connectivity index is 2.33. The van der Waals surface area contributed by atoms with E-state index in [1.807, 2.05) is 0 Å². The van der Waals surface area contributed by atoms with Crippen molar-refractivity contribution in [3.05, 3.63) is 29.3 Å². The number of rotatable bonds is 2. The quantitative estimate of drug-likeness (QED) is 0.829. The van der Waals surface area contributed by atoms with Gasteiger partial charge in [-0.1, -0.05) is 25.5 Å². The summed E-state index contributed by atoms with van der Waals surface area (Å²) >= 11 is 0. The first-order valence-electron chi connectivity index (χ1n) is 6.09. The Bertz CT molecular complexity index is 384. The molecular weight excluding hydrogens is 198 g/mol. The van der Waals surface area contributed by atoms with Gasteiger partial charge in [0, 0.05) is 18.0 Å². The van der Waals surface area contributed by atoms with E-state index in [0.29, 0.717) is 0 Å². The Morgan fingerprint density at radius 2 is 2.19 bits per heavy atom. The highest BCUT2D eigenvalue weighted by Crippen LogP contribution is 2.38. The fourth-order valence-corrected chi connectivity index (χ4v) is 2.40. The minimum absolute atomic E-state index is 0.107. The van der Waals surface area contributed by atoms with Gasteiger partial charge in [0.15, 0.2) is 0 Å². The van der Waals surface area contributed by atoms with Crippen LogP contribution in [0.2, 0.25) is 0 Å². The summed E-state index contributed by atoms with van der Waals surface area (Å²) in [5, 5.41) is 0. The van der Waals surface area contributed by atoms with Crippen LogP contribution in [0.1, 0.15) is 50.8 Å². The molecule has 2 N–H and O–H groups in total. The van der Waals surface area contributed by atoms with Crippen molar-refractivity contribution in [3.8, 4) is 5.75 Å². The molecule has 0 saturated carbocycles. The summed E-state index contributed by atoms with van der Waals surface area (Å²) < 4.78 is 5.94. The van der Waals surface area contributed by atoms with E-state index >= 15 is 0 Å². The van der Waals surface area contributed by atoms with Crippen molar-refractivity contribution >= 4 is 0 Å². The second kappa shape index (κ2) is 4.10. The third-order valence-corrected chi connectivity index (χ3v) is 3.11. The Morgan fingerprint density at radius 1 is 1.44 bits per heavy atom. The average molecular weight is 219 g/mol. The lowest BCUT2D eigenvalue weighted by molar-refractivity contribution is 0.0728. The van der Waals surface area contributed by atoms with E-state index < -0.39 is 0 Å². The zero-order chi connectivity index (χ0) is 11.8. The molecule has 1 heterocycles. The standard InChI is InChI=1S/C14H21NO/c1-4-5-10-6-7-13-11(8-10)12(15)9-14(2,3)16-13/h6-8,12H,4-5,9,15H2,1-3H3. The van der Waals surface area contributed by atoms with Gasteiger partial charge in [0.25, 0.3) is 0 Å². The van der Waals surface area contributed by atoms with Crippen LogP contribution >= 0.6 is 0 Å². The highest BCUT2D eigenvalue weighted by atomic mass is 16.5. The molecule has 0 bridgehead atoms. The molecule has 1 aliphatic heterocycles. The minimum Gasteiger partial charge on any atom is -0.487 e. The summed E-state index contributed by atoms with van der Waals surface area (Å²) in [6.07, 6.45) is 3.17. The van der Waals surface area contributed by atoms with Gasteiger partial charge < -0.3 is 10.5 Å². The molecule has 1 atom stereocenters. The maximum absolute atomic E-state index is 6.21. The first-order valence-corrected chi connectivity index (χ1v) is 6.09. The van der Waals surface area contributed by atoms with Gasteiger partial charge in [-0.15, -0.1) is 0 Å². The topological polar surface area (TPSA) is 35.2 Å². The second-order valence-corrected chi connectivity index (χ2v) is 5.29. The lowest BCUT2D eigenvalue weighted by Gasteiger charge is -2.36. The summed E-state index contributed by atoms with van der Waals surface area (Å²) in [6.45, 7) is 6.38. The molecule has 0 aromatic heterocycles. The molecule has 88 valence electrons. The van der Waals surface area contributed by atoms with E-state index in [9.17, 15) is 0 Å². The molecule has 1 aromatic rings. The monoisotopic (exact) mass is 219 g/mol. The highest BCUT2D eigenvalue weighted by molar-refractivity contribution is 5.41. The Hall–Kier alpha value is -1.02. The van der Waals surface area contributed by atoms with Crippen LogP contribution in [-0.2, 0) is 6.42 Å². The van der Waals surface area contributed by atoms with E-state index in [4.69, 9.17) is 10.5 Å². The van der Waals surface area contributed by atoms with E-state index in [1.165, 1.54) is 17.5 Å². The van der Waals surface area contributed by atoms with Crippen molar-refractivity contribution in [3.63, 3.8) is 0 Å². The first kappa shape index (κ1) is 11.5. The van der Waals surface area contributed by atoms with Crippen LogP contribution in [0.4, 0.5) is 0 Å². The molecule has 1 aliphatic rings. The van der Waals surface area contributed by atoms with Crippen LogP contribution in [0.5, 0.6) is 5.75 Å². The van der Waals surface area contributed by atoms with Gasteiger partial charge in [-0.3, -0.25) is 0 Å². The Kier molecular flexibility index (Phi) is 2.94. The molecule has 2 heteroatoms. The molecule has 1 aromatic carbocycles. The maximum Gasteiger partial charge on any atom is 0.124 e. The first-order chi connectivity index (χ1) is 7.52. The summed E-state index contributed by atoms with van der Waals surface area (Å²) in [5.41, 5.74) is 8.60. The molecule has 16 heavy (non-hydrogen) atoms. The molecule has 0 amide bonds. The number of aryl methyl sites for hydroxylation is 1. The van der Waals surface area contributed by atoms with Gasteiger partial charge in [0.2, 0.25) is 0 Å². The zero-order valence-electron chi connectivity index (χ0n) is 10.4. The van der Waals surface area contributed by atoms with Gasteiger partial charge in [-0.2, -0.15) is 0 Å². The van der Waals surface area contributed by atoms with Crippen LogP contribution in [-0.4, -0.2) is 5.60 Å².